The Kier molecular flexibility index (Phi) is 6.71. The average Bonchev–Trinajstić information content (AvgIpc) is 2.85. The van der Waals surface area contributed by atoms with E-state index in [1.54, 1.807) is 11.9 Å². The highest BCUT2D eigenvalue weighted by molar-refractivity contribution is 6.24. The lowest BCUT2D eigenvalue weighted by Crippen LogP contribution is -2.65. The molecule has 1 saturated heterocycles. The molecule has 1 heterocycles. The minimum atomic E-state index is -5.01. The molecular formula is C27H29F3N4O8. The summed E-state index contributed by atoms with van der Waals surface area (Å²) in [5.74, 6) is -10.4. The quantitative estimate of drug-likeness (QED) is 0.213. The summed E-state index contributed by atoms with van der Waals surface area (Å²) < 4.78 is 43.0. The number of anilines is 1. The van der Waals surface area contributed by atoms with E-state index in [0.29, 0.717) is 19.0 Å². The number of Topliss-reactive ketones (excluding diaryl/α,β-unsaturated/α-hetero) is 2. The number of rotatable bonds is 4. The lowest BCUT2D eigenvalue weighted by Gasteiger charge is -2.50. The van der Waals surface area contributed by atoms with Crippen molar-refractivity contribution in [2.45, 2.75) is 43.1 Å². The number of amides is 2. The van der Waals surface area contributed by atoms with Crippen molar-refractivity contribution in [2.24, 2.45) is 17.6 Å². The smallest absolute Gasteiger partial charge is 0.416 e. The van der Waals surface area contributed by atoms with Gasteiger partial charge in [0.1, 0.15) is 22.8 Å². The van der Waals surface area contributed by atoms with Gasteiger partial charge in [-0.1, -0.05) is 0 Å². The van der Waals surface area contributed by atoms with Crippen LogP contribution in [0.5, 0.6) is 5.75 Å². The standard InChI is InChI=1S/C27H29F3N4O8/c1-33(2)18-12-7-9-6-10-11(27(28,29)30)8-13(32-25(41)14-4-5-34(14)3)19(35)16(10)20(36)15(9)22(38)26(12,42)23(39)17(21(18)37)24(31)40/h8-9,12,14,18,35-36,39,42H,4-7H2,1-3H3,(H2,31,40)(H,32,41)/t9-,12-,14-,18-,26-/m0/s1. The Labute approximate surface area is 236 Å². The Morgan fingerprint density at radius 3 is 2.33 bits per heavy atom. The molecule has 1 saturated carbocycles. The first-order valence-electron chi connectivity index (χ1n) is 13.0. The molecule has 0 unspecified atom stereocenters. The lowest BCUT2D eigenvalue weighted by atomic mass is 9.57. The van der Waals surface area contributed by atoms with Crippen LogP contribution in [0, 0.1) is 11.8 Å². The number of nitrogens with two attached hydrogens (primary N) is 1. The van der Waals surface area contributed by atoms with Crippen LogP contribution in [-0.4, -0.2) is 99.0 Å². The third kappa shape index (κ3) is 4.01. The van der Waals surface area contributed by atoms with Crippen LogP contribution in [0.4, 0.5) is 18.9 Å². The van der Waals surface area contributed by atoms with E-state index < -0.39 is 116 Å². The SMILES string of the molecule is CN(C)[C@@H]1C(=O)C(C(N)=O)=C(O)[C@@]2(O)C(=O)C3=C(O)c4c(O)c(NC(=O)[C@@H]5CCN5C)cc(C(F)(F)F)c4C[C@H]3C[C@@H]12. The van der Waals surface area contributed by atoms with Crippen molar-refractivity contribution >= 4 is 34.8 Å². The molecule has 3 aliphatic carbocycles. The van der Waals surface area contributed by atoms with Gasteiger partial charge in [0.25, 0.3) is 5.91 Å². The lowest BCUT2D eigenvalue weighted by molar-refractivity contribution is -0.153. The van der Waals surface area contributed by atoms with E-state index in [-0.39, 0.29) is 6.42 Å². The Balaban J connectivity index is 1.71. The van der Waals surface area contributed by atoms with Gasteiger partial charge in [-0.2, -0.15) is 13.2 Å². The fourth-order valence-electron chi connectivity index (χ4n) is 6.72. The second-order valence-electron chi connectivity index (χ2n) is 11.4. The number of phenolic OH excluding ortho intramolecular Hbond substituents is 1. The molecule has 0 bridgehead atoms. The molecule has 4 aliphatic rings. The molecule has 0 aromatic heterocycles. The first-order valence-corrected chi connectivity index (χ1v) is 13.0. The summed E-state index contributed by atoms with van der Waals surface area (Å²) in [5.41, 5.74) is -2.50. The number of hydrogen-bond donors (Lipinski definition) is 6. The van der Waals surface area contributed by atoms with Gasteiger partial charge in [0.05, 0.1) is 28.9 Å². The minimum Gasteiger partial charge on any atom is -0.508 e. The van der Waals surface area contributed by atoms with Gasteiger partial charge in [0.15, 0.2) is 11.4 Å². The number of alkyl halides is 3. The Bertz CT molecular complexity index is 1520. The predicted molar refractivity (Wildman–Crippen MR) is 139 cm³/mol. The second kappa shape index (κ2) is 9.54. The third-order valence-electron chi connectivity index (χ3n) is 8.87. The molecule has 226 valence electrons. The molecule has 2 fully saturated rings. The number of halogens is 3. The molecule has 15 heteroatoms. The van der Waals surface area contributed by atoms with Crippen LogP contribution in [-0.2, 0) is 31.8 Å². The van der Waals surface area contributed by atoms with E-state index in [9.17, 15) is 52.8 Å². The van der Waals surface area contributed by atoms with Crippen molar-refractivity contribution in [3.63, 3.8) is 0 Å². The van der Waals surface area contributed by atoms with Gasteiger partial charge in [-0.15, -0.1) is 0 Å². The number of aromatic hydroxyl groups is 1. The summed E-state index contributed by atoms with van der Waals surface area (Å²) in [6.45, 7) is 0.585. The highest BCUT2D eigenvalue weighted by Gasteiger charge is 2.64. The number of likely N-dealkylation sites (N-methyl/N-ethyl adjacent to an activating group) is 2. The number of carbonyl (C=O) groups is 4. The van der Waals surface area contributed by atoms with Gasteiger partial charge < -0.3 is 31.5 Å². The van der Waals surface area contributed by atoms with Gasteiger partial charge >= 0.3 is 6.18 Å². The molecule has 1 aromatic carbocycles. The number of hydrogen-bond acceptors (Lipinski definition) is 10. The van der Waals surface area contributed by atoms with Crippen molar-refractivity contribution in [2.75, 3.05) is 33.0 Å². The molecule has 2 amide bonds. The zero-order valence-electron chi connectivity index (χ0n) is 22.7. The minimum absolute atomic E-state index is 0.365. The molecule has 5 rings (SSSR count). The van der Waals surface area contributed by atoms with E-state index in [1.165, 1.54) is 19.0 Å². The molecule has 1 aliphatic heterocycles. The van der Waals surface area contributed by atoms with Crippen LogP contribution in [0.15, 0.2) is 23.0 Å². The van der Waals surface area contributed by atoms with E-state index in [1.807, 2.05) is 0 Å². The predicted octanol–water partition coefficient (Wildman–Crippen LogP) is 0.625. The monoisotopic (exact) mass is 594 g/mol. The molecular weight excluding hydrogens is 565 g/mol. The summed E-state index contributed by atoms with van der Waals surface area (Å²) >= 11 is 0. The first-order chi connectivity index (χ1) is 19.4. The molecule has 1 aromatic rings. The summed E-state index contributed by atoms with van der Waals surface area (Å²) in [6, 6.07) is -1.46. The molecule has 5 atom stereocenters. The average molecular weight is 595 g/mol. The topological polar surface area (TPSA) is 194 Å². The van der Waals surface area contributed by atoms with E-state index in [0.717, 1.165) is 0 Å². The van der Waals surface area contributed by atoms with Crippen molar-refractivity contribution in [1.29, 1.82) is 0 Å². The van der Waals surface area contributed by atoms with E-state index in [2.05, 4.69) is 5.32 Å². The molecule has 0 radical (unpaired) electrons. The van der Waals surface area contributed by atoms with Gasteiger partial charge in [-0.25, -0.2) is 0 Å². The number of nitrogens with zero attached hydrogens (tertiary/aromatic N) is 2. The van der Waals surface area contributed by atoms with Gasteiger partial charge in [-0.05, 0) is 58.0 Å². The van der Waals surface area contributed by atoms with Gasteiger partial charge in [-0.3, -0.25) is 29.0 Å². The van der Waals surface area contributed by atoms with Crippen molar-refractivity contribution in [3.05, 3.63) is 39.7 Å². The van der Waals surface area contributed by atoms with Crippen molar-refractivity contribution in [3.8, 4) is 5.75 Å². The largest absolute Gasteiger partial charge is 0.508 e. The van der Waals surface area contributed by atoms with Crippen LogP contribution in [0.25, 0.3) is 5.76 Å². The number of aliphatic hydroxyl groups is 3. The van der Waals surface area contributed by atoms with Crippen LogP contribution in [0.3, 0.4) is 0 Å². The first kappa shape index (κ1) is 29.5. The van der Waals surface area contributed by atoms with Crippen LogP contribution < -0.4 is 11.1 Å². The normalized spacial score (nSPS) is 29.6. The maximum atomic E-state index is 14.3. The Morgan fingerprint density at radius 1 is 1.19 bits per heavy atom. The highest BCUT2D eigenvalue weighted by Crippen LogP contribution is 2.55. The van der Waals surface area contributed by atoms with E-state index >= 15 is 0 Å². The van der Waals surface area contributed by atoms with Crippen LogP contribution >= 0.6 is 0 Å². The zero-order chi connectivity index (χ0) is 31.2. The third-order valence-corrected chi connectivity index (χ3v) is 8.87. The van der Waals surface area contributed by atoms with Gasteiger partial charge in [0.2, 0.25) is 11.7 Å². The number of phenols is 1. The Morgan fingerprint density at radius 2 is 1.83 bits per heavy atom. The maximum Gasteiger partial charge on any atom is 0.416 e. The fraction of sp³-hybridized carbons (Fsp3) is 0.481. The number of aliphatic hydroxyl groups excluding tert-OH is 2. The van der Waals surface area contributed by atoms with Crippen molar-refractivity contribution in [1.82, 2.24) is 9.80 Å². The molecule has 7 N–H and O–H groups in total. The maximum absolute atomic E-state index is 14.3. The number of likely N-dealkylation sites (tertiary alicyclic amines) is 1. The number of carbonyl (C=O) groups excluding carboxylic acids is 4. The van der Waals surface area contributed by atoms with Crippen molar-refractivity contribution < 1.29 is 52.8 Å². The highest BCUT2D eigenvalue weighted by atomic mass is 19.4. The number of nitrogens with one attached hydrogen (secondary N) is 1. The van der Waals surface area contributed by atoms with Crippen LogP contribution in [0.2, 0.25) is 0 Å². The number of fused-ring (bicyclic) bond motifs is 3. The summed E-state index contributed by atoms with van der Waals surface area (Å²) in [5, 5.41) is 47.1. The number of benzene rings is 1. The number of ketones is 2. The summed E-state index contributed by atoms with van der Waals surface area (Å²) in [4.78, 5) is 54.7. The second-order valence-corrected chi connectivity index (χ2v) is 11.4. The zero-order valence-corrected chi connectivity index (χ0v) is 22.7. The number of primary amides is 1. The van der Waals surface area contributed by atoms with E-state index in [4.69, 9.17) is 5.73 Å². The molecule has 0 spiro atoms. The molecule has 12 nitrogen and oxygen atoms in total. The Hall–Kier alpha value is -3.95. The molecule has 42 heavy (non-hydrogen) atoms. The summed E-state index contributed by atoms with van der Waals surface area (Å²) in [7, 11) is 4.45. The fourth-order valence-corrected chi connectivity index (χ4v) is 6.72. The van der Waals surface area contributed by atoms with Crippen LogP contribution in [0.1, 0.15) is 29.5 Å². The van der Waals surface area contributed by atoms with Gasteiger partial charge in [0, 0.05) is 18.0 Å². The summed E-state index contributed by atoms with van der Waals surface area (Å²) in [6.07, 6.45) is -5.48.